The van der Waals surface area contributed by atoms with Gasteiger partial charge in [-0.25, -0.2) is 8.42 Å². The van der Waals surface area contributed by atoms with E-state index in [0.717, 1.165) is 6.42 Å². The number of carbonyl (C=O) groups excluding carboxylic acids is 1. The van der Waals surface area contributed by atoms with Crippen LogP contribution in [0.4, 0.5) is 5.69 Å². The van der Waals surface area contributed by atoms with Gasteiger partial charge in [0.15, 0.2) is 6.10 Å². The van der Waals surface area contributed by atoms with Gasteiger partial charge in [-0.05, 0) is 36.8 Å². The van der Waals surface area contributed by atoms with Crippen molar-refractivity contribution in [3.05, 3.63) is 53.6 Å². The van der Waals surface area contributed by atoms with Gasteiger partial charge in [0.25, 0.3) is 15.9 Å². The van der Waals surface area contributed by atoms with Crippen LogP contribution >= 0.6 is 11.6 Å². The lowest BCUT2D eigenvalue weighted by Gasteiger charge is -2.34. The number of hydrogen-bond donors (Lipinski definition) is 1. The standard InChI is InChI=1S/C18H19ClN2O4S/c1-2-10-20-18(22)17-12-21(15-8-3-4-9-16(15)25-17)26(23,24)14-7-5-6-13(19)11-14/h3-9,11,17H,2,10,12H2,1H3,(H,20,22). The number of fused-ring (bicyclic) bond motifs is 1. The summed E-state index contributed by atoms with van der Waals surface area (Å²) in [4.78, 5) is 12.4. The van der Waals surface area contributed by atoms with E-state index in [1.165, 1.54) is 16.4 Å². The molecule has 0 spiro atoms. The Hall–Kier alpha value is -2.25. The van der Waals surface area contributed by atoms with E-state index in [9.17, 15) is 13.2 Å². The molecule has 1 heterocycles. The summed E-state index contributed by atoms with van der Waals surface area (Å²) < 4.78 is 33.3. The fourth-order valence-corrected chi connectivity index (χ4v) is 4.46. The first-order valence-corrected chi connectivity index (χ1v) is 10.1. The van der Waals surface area contributed by atoms with E-state index in [4.69, 9.17) is 16.3 Å². The number of nitrogens with one attached hydrogen (secondary N) is 1. The first kappa shape index (κ1) is 18.5. The number of sulfonamides is 1. The van der Waals surface area contributed by atoms with Crippen molar-refractivity contribution >= 4 is 33.2 Å². The summed E-state index contributed by atoms with van der Waals surface area (Å²) in [6.07, 6.45) is -0.148. The van der Waals surface area contributed by atoms with E-state index in [2.05, 4.69) is 5.32 Å². The average Bonchev–Trinajstić information content (AvgIpc) is 2.65. The summed E-state index contributed by atoms with van der Waals surface area (Å²) >= 11 is 5.95. The minimum Gasteiger partial charge on any atom is -0.476 e. The average molecular weight is 395 g/mol. The SMILES string of the molecule is CCCNC(=O)C1CN(S(=O)(=O)c2cccc(Cl)c2)c2ccccc2O1. The highest BCUT2D eigenvalue weighted by Crippen LogP contribution is 2.37. The predicted octanol–water partition coefficient (Wildman–Crippen LogP) is 2.82. The Morgan fingerprint density at radius 1 is 1.27 bits per heavy atom. The second-order valence-corrected chi connectivity index (χ2v) is 8.16. The highest BCUT2D eigenvalue weighted by atomic mass is 35.5. The van der Waals surface area contributed by atoms with Gasteiger partial charge in [0.1, 0.15) is 5.75 Å². The van der Waals surface area contributed by atoms with Crippen LogP contribution in [0, 0.1) is 0 Å². The lowest BCUT2D eigenvalue weighted by molar-refractivity contribution is -0.127. The zero-order valence-corrected chi connectivity index (χ0v) is 15.8. The Labute approximate surface area is 157 Å². The van der Waals surface area contributed by atoms with Crippen LogP contribution in [-0.4, -0.2) is 33.5 Å². The number of amides is 1. The van der Waals surface area contributed by atoms with Crippen LogP contribution < -0.4 is 14.4 Å². The number of rotatable bonds is 5. The first-order valence-electron chi connectivity index (χ1n) is 8.25. The molecule has 1 N–H and O–H groups in total. The van der Waals surface area contributed by atoms with Crippen LogP contribution in [-0.2, 0) is 14.8 Å². The van der Waals surface area contributed by atoms with Crippen molar-refractivity contribution in [2.75, 3.05) is 17.4 Å². The minimum atomic E-state index is -3.90. The lowest BCUT2D eigenvalue weighted by Crippen LogP contribution is -2.50. The number of para-hydroxylation sites is 2. The molecule has 0 saturated heterocycles. The lowest BCUT2D eigenvalue weighted by atomic mass is 10.2. The van der Waals surface area contributed by atoms with Crippen LogP contribution in [0.5, 0.6) is 5.75 Å². The van der Waals surface area contributed by atoms with E-state index >= 15 is 0 Å². The number of halogens is 1. The molecule has 1 unspecified atom stereocenters. The summed E-state index contributed by atoms with van der Waals surface area (Å²) in [5, 5.41) is 3.07. The van der Waals surface area contributed by atoms with Gasteiger partial charge in [0.2, 0.25) is 0 Å². The third-order valence-electron chi connectivity index (χ3n) is 3.96. The number of ether oxygens (including phenoxy) is 1. The number of benzene rings is 2. The molecule has 0 bridgehead atoms. The maximum Gasteiger partial charge on any atom is 0.264 e. The first-order chi connectivity index (χ1) is 12.4. The number of nitrogens with zero attached hydrogens (tertiary/aromatic N) is 1. The van der Waals surface area contributed by atoms with Crippen molar-refractivity contribution in [3.8, 4) is 5.75 Å². The molecular formula is C18H19ClN2O4S. The molecule has 1 atom stereocenters. The van der Waals surface area contributed by atoms with E-state index in [1.54, 1.807) is 36.4 Å². The Bertz CT molecular complexity index is 917. The molecule has 1 aliphatic rings. The summed E-state index contributed by atoms with van der Waals surface area (Å²) in [7, 11) is -3.90. The van der Waals surface area contributed by atoms with E-state index in [0.29, 0.717) is 23.0 Å². The van der Waals surface area contributed by atoms with Gasteiger partial charge < -0.3 is 10.1 Å². The Kier molecular flexibility index (Phi) is 5.38. The van der Waals surface area contributed by atoms with Crippen molar-refractivity contribution in [1.29, 1.82) is 0 Å². The molecule has 8 heteroatoms. The van der Waals surface area contributed by atoms with Crippen molar-refractivity contribution in [2.24, 2.45) is 0 Å². The van der Waals surface area contributed by atoms with Crippen molar-refractivity contribution < 1.29 is 17.9 Å². The third-order valence-corrected chi connectivity index (χ3v) is 5.97. The van der Waals surface area contributed by atoms with Gasteiger partial charge >= 0.3 is 0 Å². The Morgan fingerprint density at radius 3 is 2.77 bits per heavy atom. The highest BCUT2D eigenvalue weighted by molar-refractivity contribution is 7.92. The number of hydrogen-bond acceptors (Lipinski definition) is 4. The van der Waals surface area contributed by atoms with Gasteiger partial charge in [0, 0.05) is 11.6 Å². The van der Waals surface area contributed by atoms with Crippen LogP contribution in [0.15, 0.2) is 53.4 Å². The normalized spacial score (nSPS) is 16.5. The summed E-state index contributed by atoms with van der Waals surface area (Å²) in [6, 6.07) is 12.8. The fraction of sp³-hybridized carbons (Fsp3) is 0.278. The van der Waals surface area contributed by atoms with E-state index < -0.39 is 16.1 Å². The van der Waals surface area contributed by atoms with Gasteiger partial charge in [-0.1, -0.05) is 36.7 Å². The molecule has 3 rings (SSSR count). The second kappa shape index (κ2) is 7.55. The zero-order valence-electron chi connectivity index (χ0n) is 14.2. The largest absolute Gasteiger partial charge is 0.476 e. The Balaban J connectivity index is 2.00. The van der Waals surface area contributed by atoms with E-state index in [1.807, 2.05) is 6.92 Å². The number of anilines is 1. The molecule has 1 amide bonds. The molecule has 138 valence electrons. The summed E-state index contributed by atoms with van der Waals surface area (Å²) in [6.45, 7) is 2.33. The van der Waals surface area contributed by atoms with E-state index in [-0.39, 0.29) is 17.3 Å². The molecule has 0 aromatic heterocycles. The molecule has 0 aliphatic carbocycles. The fourth-order valence-electron chi connectivity index (χ4n) is 2.68. The molecule has 0 radical (unpaired) electrons. The molecule has 6 nitrogen and oxygen atoms in total. The minimum absolute atomic E-state index is 0.0643. The quantitative estimate of drug-likeness (QED) is 0.846. The maximum absolute atomic E-state index is 13.2. The molecule has 0 fully saturated rings. The zero-order chi connectivity index (χ0) is 18.7. The van der Waals surface area contributed by atoms with Crippen molar-refractivity contribution in [1.82, 2.24) is 5.32 Å². The highest BCUT2D eigenvalue weighted by Gasteiger charge is 2.37. The third kappa shape index (κ3) is 3.64. The van der Waals surface area contributed by atoms with Crippen LogP contribution in [0.3, 0.4) is 0 Å². The topological polar surface area (TPSA) is 75.7 Å². The van der Waals surface area contributed by atoms with Crippen molar-refractivity contribution in [2.45, 2.75) is 24.3 Å². The van der Waals surface area contributed by atoms with Crippen LogP contribution in [0.2, 0.25) is 5.02 Å². The second-order valence-electron chi connectivity index (χ2n) is 5.86. The molecule has 2 aromatic rings. The molecule has 26 heavy (non-hydrogen) atoms. The van der Waals surface area contributed by atoms with Gasteiger partial charge in [-0.3, -0.25) is 9.10 Å². The van der Waals surface area contributed by atoms with Crippen LogP contribution in [0.1, 0.15) is 13.3 Å². The predicted molar refractivity (Wildman–Crippen MR) is 100 cm³/mol. The van der Waals surface area contributed by atoms with Gasteiger partial charge in [-0.2, -0.15) is 0 Å². The smallest absolute Gasteiger partial charge is 0.264 e. The van der Waals surface area contributed by atoms with Gasteiger partial charge in [-0.15, -0.1) is 0 Å². The van der Waals surface area contributed by atoms with Crippen molar-refractivity contribution in [3.63, 3.8) is 0 Å². The summed E-state index contributed by atoms with van der Waals surface area (Å²) in [5.74, 6) is 0.00801. The Morgan fingerprint density at radius 2 is 2.04 bits per heavy atom. The van der Waals surface area contributed by atoms with Gasteiger partial charge in [0.05, 0.1) is 17.1 Å². The number of carbonyl (C=O) groups is 1. The van der Waals surface area contributed by atoms with Crippen LogP contribution in [0.25, 0.3) is 0 Å². The monoisotopic (exact) mass is 394 g/mol. The molecule has 2 aromatic carbocycles. The molecule has 0 saturated carbocycles. The molecule has 1 aliphatic heterocycles. The maximum atomic E-state index is 13.2. The molecular weight excluding hydrogens is 376 g/mol. The summed E-state index contributed by atoms with van der Waals surface area (Å²) in [5.41, 5.74) is 0.395.